The zero-order chi connectivity index (χ0) is 14.3. The first-order valence-electron chi connectivity index (χ1n) is 6.64. The van der Waals surface area contributed by atoms with Gasteiger partial charge in [0.05, 0.1) is 18.3 Å². The fourth-order valence-corrected chi connectivity index (χ4v) is 3.03. The number of rotatable bonds is 3. The summed E-state index contributed by atoms with van der Waals surface area (Å²) < 4.78 is 56.6. The summed E-state index contributed by atoms with van der Waals surface area (Å²) in [6.45, 7) is 0.933. The molecule has 1 heterocycles. The Hall–Kier alpha value is -1.14. The van der Waals surface area contributed by atoms with Crippen molar-refractivity contribution in [3.63, 3.8) is 0 Å². The smallest absolute Gasteiger partial charge is 0.373 e. The predicted molar refractivity (Wildman–Crippen MR) is 64.5 cm³/mol. The molecule has 1 aromatic rings. The maximum atomic E-state index is 13.6. The van der Waals surface area contributed by atoms with E-state index in [-0.39, 0.29) is 18.3 Å². The van der Waals surface area contributed by atoms with Gasteiger partial charge >= 0.3 is 6.18 Å². The van der Waals surface area contributed by atoms with Crippen LogP contribution in [-0.2, 0) is 17.5 Å². The van der Waals surface area contributed by atoms with Crippen LogP contribution in [0.2, 0.25) is 0 Å². The number of alkyl halides is 3. The molecule has 3 rings (SSSR count). The van der Waals surface area contributed by atoms with Gasteiger partial charge in [-0.15, -0.1) is 0 Å². The van der Waals surface area contributed by atoms with Crippen molar-refractivity contribution in [3.05, 3.63) is 35.1 Å². The molecule has 1 aliphatic heterocycles. The Kier molecular flexibility index (Phi) is 3.46. The summed E-state index contributed by atoms with van der Waals surface area (Å²) in [4.78, 5) is 0. The van der Waals surface area contributed by atoms with E-state index in [0.717, 1.165) is 31.5 Å². The molecule has 1 saturated carbocycles. The molecule has 0 amide bonds. The molecular weight excluding hydrogens is 274 g/mol. The van der Waals surface area contributed by atoms with E-state index in [1.54, 1.807) is 0 Å². The Labute approximate surface area is 114 Å². The van der Waals surface area contributed by atoms with Crippen molar-refractivity contribution in [3.8, 4) is 0 Å². The van der Waals surface area contributed by atoms with E-state index in [0.29, 0.717) is 18.0 Å². The Morgan fingerprint density at radius 3 is 2.60 bits per heavy atom. The number of halogens is 4. The summed E-state index contributed by atoms with van der Waals surface area (Å²) in [6.07, 6.45) is -2.47. The number of benzene rings is 1. The molecule has 0 radical (unpaired) electrons. The molecule has 2 bridgehead atoms. The summed E-state index contributed by atoms with van der Waals surface area (Å²) >= 11 is 0. The van der Waals surface area contributed by atoms with Gasteiger partial charge in [0.25, 0.3) is 0 Å². The van der Waals surface area contributed by atoms with Crippen molar-refractivity contribution in [1.29, 1.82) is 0 Å². The average molecular weight is 289 g/mol. The van der Waals surface area contributed by atoms with Crippen LogP contribution >= 0.6 is 0 Å². The van der Waals surface area contributed by atoms with Gasteiger partial charge in [0.15, 0.2) is 0 Å². The molecule has 3 atom stereocenters. The highest BCUT2D eigenvalue weighted by atomic mass is 19.4. The first kappa shape index (κ1) is 13.8. The highest BCUT2D eigenvalue weighted by molar-refractivity contribution is 5.26. The van der Waals surface area contributed by atoms with Crippen LogP contribution < -0.4 is 5.32 Å². The fraction of sp³-hybridized carbons (Fsp3) is 0.571. The quantitative estimate of drug-likeness (QED) is 0.863. The van der Waals surface area contributed by atoms with Crippen molar-refractivity contribution in [1.82, 2.24) is 5.32 Å². The predicted octanol–water partition coefficient (Wildman–Crippen LogP) is 3.11. The standard InChI is InChI=1S/C14H15F4NO/c15-12-4-10(14(16,17)18)2-1-8(12)7-20-13-5-11-3-9(13)6-19-11/h1-2,4,9,11,13,19H,3,5-7H2. The highest BCUT2D eigenvalue weighted by Gasteiger charge is 2.40. The Bertz CT molecular complexity index is 502. The fourth-order valence-electron chi connectivity index (χ4n) is 3.03. The number of fused-ring (bicyclic) bond motifs is 2. The van der Waals surface area contributed by atoms with E-state index < -0.39 is 17.6 Å². The molecule has 0 spiro atoms. The lowest BCUT2D eigenvalue weighted by Crippen LogP contribution is -2.34. The number of nitrogens with one attached hydrogen (secondary N) is 1. The van der Waals surface area contributed by atoms with Crippen molar-refractivity contribution in [2.75, 3.05) is 6.54 Å². The van der Waals surface area contributed by atoms with Crippen LogP contribution in [-0.4, -0.2) is 18.7 Å². The van der Waals surface area contributed by atoms with Crippen LogP contribution in [0.3, 0.4) is 0 Å². The molecule has 2 nitrogen and oxygen atoms in total. The molecule has 1 N–H and O–H groups in total. The van der Waals surface area contributed by atoms with Gasteiger partial charge in [-0.05, 0) is 30.9 Å². The lowest BCUT2D eigenvalue weighted by Gasteiger charge is -2.23. The average Bonchev–Trinajstić information content (AvgIpc) is 2.98. The molecule has 1 aliphatic carbocycles. The highest BCUT2D eigenvalue weighted by Crippen LogP contribution is 2.34. The summed E-state index contributed by atoms with van der Waals surface area (Å²) in [5.41, 5.74) is -0.795. The van der Waals surface area contributed by atoms with Gasteiger partial charge < -0.3 is 10.1 Å². The molecule has 2 aliphatic rings. The Morgan fingerprint density at radius 1 is 1.25 bits per heavy atom. The number of piperidine rings is 1. The largest absolute Gasteiger partial charge is 0.416 e. The second-order valence-corrected chi connectivity index (χ2v) is 5.49. The minimum absolute atomic E-state index is 0.0257. The molecule has 2 fully saturated rings. The van der Waals surface area contributed by atoms with E-state index >= 15 is 0 Å². The van der Waals surface area contributed by atoms with Gasteiger partial charge in [-0.3, -0.25) is 0 Å². The van der Waals surface area contributed by atoms with Crippen molar-refractivity contribution >= 4 is 0 Å². The Balaban J connectivity index is 1.63. The van der Waals surface area contributed by atoms with Crippen LogP contribution in [0.25, 0.3) is 0 Å². The van der Waals surface area contributed by atoms with E-state index in [1.807, 2.05) is 0 Å². The lowest BCUT2D eigenvalue weighted by atomic mass is 10.1. The van der Waals surface area contributed by atoms with Crippen LogP contribution in [0.15, 0.2) is 18.2 Å². The third-order valence-electron chi connectivity index (χ3n) is 4.13. The van der Waals surface area contributed by atoms with Gasteiger partial charge in [-0.1, -0.05) is 6.07 Å². The van der Waals surface area contributed by atoms with E-state index in [1.165, 1.54) is 0 Å². The molecule has 110 valence electrons. The first-order valence-corrected chi connectivity index (χ1v) is 6.64. The molecule has 0 aromatic heterocycles. The van der Waals surface area contributed by atoms with Crippen molar-refractivity contribution in [2.24, 2.45) is 5.92 Å². The SMILES string of the molecule is Fc1cc(C(F)(F)F)ccc1COC1CC2CC1CN2. The molecule has 20 heavy (non-hydrogen) atoms. The minimum atomic E-state index is -4.52. The summed E-state index contributed by atoms with van der Waals surface area (Å²) in [7, 11) is 0. The number of hydrogen-bond acceptors (Lipinski definition) is 2. The zero-order valence-corrected chi connectivity index (χ0v) is 10.7. The van der Waals surface area contributed by atoms with E-state index in [9.17, 15) is 17.6 Å². The second-order valence-electron chi connectivity index (χ2n) is 5.49. The minimum Gasteiger partial charge on any atom is -0.373 e. The van der Waals surface area contributed by atoms with E-state index in [4.69, 9.17) is 4.74 Å². The van der Waals surface area contributed by atoms with Crippen LogP contribution in [0, 0.1) is 11.7 Å². The number of hydrogen-bond donors (Lipinski definition) is 1. The van der Waals surface area contributed by atoms with Gasteiger partial charge in [0, 0.05) is 18.2 Å². The topological polar surface area (TPSA) is 21.3 Å². The number of ether oxygens (including phenoxy) is 1. The normalized spacial score (nSPS) is 29.1. The van der Waals surface area contributed by atoms with Crippen molar-refractivity contribution in [2.45, 2.75) is 37.8 Å². The summed E-state index contributed by atoms with van der Waals surface area (Å²) in [5, 5.41) is 3.34. The molecular formula is C14H15F4NO. The molecule has 1 aromatic carbocycles. The molecule has 3 unspecified atom stereocenters. The van der Waals surface area contributed by atoms with Gasteiger partial charge in [0.2, 0.25) is 0 Å². The third kappa shape index (κ3) is 2.67. The third-order valence-corrected chi connectivity index (χ3v) is 4.13. The van der Waals surface area contributed by atoms with Crippen LogP contribution in [0.4, 0.5) is 17.6 Å². The lowest BCUT2D eigenvalue weighted by molar-refractivity contribution is -0.137. The second kappa shape index (κ2) is 5.00. The van der Waals surface area contributed by atoms with Crippen LogP contribution in [0.5, 0.6) is 0 Å². The monoisotopic (exact) mass is 289 g/mol. The van der Waals surface area contributed by atoms with Gasteiger partial charge in [-0.25, -0.2) is 4.39 Å². The molecule has 1 saturated heterocycles. The van der Waals surface area contributed by atoms with E-state index in [2.05, 4.69) is 5.32 Å². The van der Waals surface area contributed by atoms with Gasteiger partial charge in [0.1, 0.15) is 5.82 Å². The summed E-state index contributed by atoms with van der Waals surface area (Å²) in [6, 6.07) is 3.05. The maximum absolute atomic E-state index is 13.6. The first-order chi connectivity index (χ1) is 9.43. The maximum Gasteiger partial charge on any atom is 0.416 e. The van der Waals surface area contributed by atoms with Crippen molar-refractivity contribution < 1.29 is 22.3 Å². The Morgan fingerprint density at radius 2 is 2.05 bits per heavy atom. The zero-order valence-electron chi connectivity index (χ0n) is 10.7. The van der Waals surface area contributed by atoms with Crippen LogP contribution in [0.1, 0.15) is 24.0 Å². The summed E-state index contributed by atoms with van der Waals surface area (Å²) in [5.74, 6) is -0.418. The van der Waals surface area contributed by atoms with Gasteiger partial charge in [-0.2, -0.15) is 13.2 Å². The molecule has 6 heteroatoms.